The van der Waals surface area contributed by atoms with Crippen LogP contribution < -0.4 is 5.32 Å². The Balaban J connectivity index is 2.43. The largest absolute Gasteiger partial charge is 0.481 e. The van der Waals surface area contributed by atoms with Gasteiger partial charge in [0.2, 0.25) is 0 Å². The van der Waals surface area contributed by atoms with Gasteiger partial charge in [0.25, 0.3) is 0 Å². The fourth-order valence-electron chi connectivity index (χ4n) is 2.71. The van der Waals surface area contributed by atoms with Crippen molar-refractivity contribution in [3.63, 3.8) is 0 Å². The first-order valence-corrected chi connectivity index (χ1v) is 7.45. The second-order valence-corrected chi connectivity index (χ2v) is 5.46. The SMILES string of the molecule is CCC(CC(=O)O)NC(=O)N(C)CC1CCCN1CC. The number of carboxylic acid groups (broad SMARTS) is 1. The van der Waals surface area contributed by atoms with Crippen LogP contribution in [-0.2, 0) is 4.79 Å². The summed E-state index contributed by atoms with van der Waals surface area (Å²) < 4.78 is 0. The molecule has 1 aliphatic heterocycles. The monoisotopic (exact) mass is 285 g/mol. The van der Waals surface area contributed by atoms with Crippen molar-refractivity contribution in [1.29, 1.82) is 0 Å². The lowest BCUT2D eigenvalue weighted by atomic mass is 10.1. The molecule has 2 N–H and O–H groups in total. The Bertz CT molecular complexity index is 336. The van der Waals surface area contributed by atoms with Gasteiger partial charge < -0.3 is 15.3 Å². The molecule has 1 saturated heterocycles. The van der Waals surface area contributed by atoms with Crippen molar-refractivity contribution < 1.29 is 14.7 Å². The lowest BCUT2D eigenvalue weighted by Gasteiger charge is -2.29. The molecule has 0 aliphatic carbocycles. The van der Waals surface area contributed by atoms with Crippen LogP contribution >= 0.6 is 0 Å². The molecule has 0 spiro atoms. The van der Waals surface area contributed by atoms with Gasteiger partial charge in [-0.3, -0.25) is 9.69 Å². The zero-order valence-electron chi connectivity index (χ0n) is 12.8. The van der Waals surface area contributed by atoms with E-state index in [-0.39, 0.29) is 18.5 Å². The third-order valence-corrected chi connectivity index (χ3v) is 3.98. The minimum absolute atomic E-state index is 0.0272. The lowest BCUT2D eigenvalue weighted by Crippen LogP contribution is -2.48. The lowest BCUT2D eigenvalue weighted by molar-refractivity contribution is -0.137. The van der Waals surface area contributed by atoms with E-state index in [0.717, 1.165) is 19.5 Å². The Morgan fingerprint density at radius 2 is 2.15 bits per heavy atom. The molecular weight excluding hydrogens is 258 g/mol. The summed E-state index contributed by atoms with van der Waals surface area (Å²) in [6.07, 6.45) is 2.90. The van der Waals surface area contributed by atoms with Gasteiger partial charge in [-0.1, -0.05) is 13.8 Å². The quantitative estimate of drug-likeness (QED) is 0.741. The molecule has 6 nitrogen and oxygen atoms in total. The molecule has 0 saturated carbocycles. The summed E-state index contributed by atoms with van der Waals surface area (Å²) in [5.41, 5.74) is 0. The Hall–Kier alpha value is -1.30. The third kappa shape index (κ3) is 5.00. The van der Waals surface area contributed by atoms with Crippen LogP contribution in [-0.4, -0.2) is 65.7 Å². The van der Waals surface area contributed by atoms with Crippen molar-refractivity contribution in [3.05, 3.63) is 0 Å². The normalized spacial score (nSPS) is 20.6. The molecule has 2 unspecified atom stereocenters. The topological polar surface area (TPSA) is 72.9 Å². The minimum Gasteiger partial charge on any atom is -0.481 e. The molecule has 20 heavy (non-hydrogen) atoms. The number of carbonyl (C=O) groups is 2. The Kier molecular flexibility index (Phi) is 6.78. The summed E-state index contributed by atoms with van der Waals surface area (Å²) in [4.78, 5) is 26.8. The molecule has 1 heterocycles. The predicted octanol–water partition coefficient (Wildman–Crippen LogP) is 1.37. The standard InChI is InChI=1S/C14H27N3O3/c1-4-11(9-13(18)19)15-14(20)16(3)10-12-7-6-8-17(12)5-2/h11-12H,4-10H2,1-3H3,(H,15,20)(H,18,19). The van der Waals surface area contributed by atoms with E-state index in [2.05, 4.69) is 17.1 Å². The average Bonchev–Trinajstić information content (AvgIpc) is 2.84. The molecular formula is C14H27N3O3. The zero-order chi connectivity index (χ0) is 15.1. The predicted molar refractivity (Wildman–Crippen MR) is 77.8 cm³/mol. The van der Waals surface area contributed by atoms with Crippen molar-refractivity contribution in [2.45, 2.75) is 51.6 Å². The molecule has 0 aromatic carbocycles. The highest BCUT2D eigenvalue weighted by atomic mass is 16.4. The van der Waals surface area contributed by atoms with Gasteiger partial charge in [-0.25, -0.2) is 4.79 Å². The molecule has 116 valence electrons. The van der Waals surface area contributed by atoms with Crippen molar-refractivity contribution >= 4 is 12.0 Å². The zero-order valence-corrected chi connectivity index (χ0v) is 12.8. The number of rotatable bonds is 7. The van der Waals surface area contributed by atoms with E-state index in [1.54, 1.807) is 11.9 Å². The first-order valence-electron chi connectivity index (χ1n) is 7.45. The van der Waals surface area contributed by atoms with Crippen LogP contribution in [0.5, 0.6) is 0 Å². The second-order valence-electron chi connectivity index (χ2n) is 5.46. The number of aliphatic carboxylic acids is 1. The Labute approximate surface area is 121 Å². The molecule has 6 heteroatoms. The van der Waals surface area contributed by atoms with Gasteiger partial charge in [0.1, 0.15) is 0 Å². The number of amides is 2. The maximum atomic E-state index is 12.1. The summed E-state index contributed by atoms with van der Waals surface area (Å²) in [5, 5.41) is 11.6. The summed E-state index contributed by atoms with van der Waals surface area (Å²) >= 11 is 0. The van der Waals surface area contributed by atoms with Gasteiger partial charge in [-0.15, -0.1) is 0 Å². The van der Waals surface area contributed by atoms with Gasteiger partial charge in [0.05, 0.1) is 6.42 Å². The molecule has 2 amide bonds. The molecule has 0 bridgehead atoms. The highest BCUT2D eigenvalue weighted by molar-refractivity contribution is 5.75. The van der Waals surface area contributed by atoms with E-state index in [9.17, 15) is 9.59 Å². The van der Waals surface area contributed by atoms with E-state index < -0.39 is 5.97 Å². The number of nitrogens with one attached hydrogen (secondary N) is 1. The maximum Gasteiger partial charge on any atom is 0.317 e. The van der Waals surface area contributed by atoms with E-state index in [1.165, 1.54) is 6.42 Å². The van der Waals surface area contributed by atoms with Crippen molar-refractivity contribution in [2.75, 3.05) is 26.7 Å². The molecule has 1 fully saturated rings. The summed E-state index contributed by atoms with van der Waals surface area (Å²) in [7, 11) is 1.77. The van der Waals surface area contributed by atoms with Crippen LogP contribution in [0.15, 0.2) is 0 Å². The second kappa shape index (κ2) is 8.09. The highest BCUT2D eigenvalue weighted by Gasteiger charge is 2.26. The summed E-state index contributed by atoms with van der Waals surface area (Å²) in [5.74, 6) is -0.882. The van der Waals surface area contributed by atoms with Crippen LogP contribution in [0.25, 0.3) is 0 Å². The van der Waals surface area contributed by atoms with E-state index in [1.807, 2.05) is 6.92 Å². The van der Waals surface area contributed by atoms with Crippen molar-refractivity contribution in [1.82, 2.24) is 15.1 Å². The fraction of sp³-hybridized carbons (Fsp3) is 0.857. The highest BCUT2D eigenvalue weighted by Crippen LogP contribution is 2.17. The number of carboxylic acids is 1. The Morgan fingerprint density at radius 3 is 2.70 bits per heavy atom. The number of likely N-dealkylation sites (tertiary alicyclic amines) is 1. The van der Waals surface area contributed by atoms with Gasteiger partial charge in [-0.05, 0) is 32.4 Å². The van der Waals surface area contributed by atoms with Crippen molar-refractivity contribution in [3.8, 4) is 0 Å². The van der Waals surface area contributed by atoms with E-state index in [4.69, 9.17) is 5.11 Å². The first kappa shape index (κ1) is 16.8. The van der Waals surface area contributed by atoms with Gasteiger partial charge in [0.15, 0.2) is 0 Å². The molecule has 1 rings (SSSR count). The third-order valence-electron chi connectivity index (χ3n) is 3.98. The number of hydrogen-bond acceptors (Lipinski definition) is 3. The molecule has 0 radical (unpaired) electrons. The van der Waals surface area contributed by atoms with Crippen LogP contribution in [0.4, 0.5) is 4.79 Å². The first-order chi connectivity index (χ1) is 9.47. The maximum absolute atomic E-state index is 12.1. The molecule has 2 atom stereocenters. The number of carbonyl (C=O) groups excluding carboxylic acids is 1. The van der Waals surface area contributed by atoms with Crippen LogP contribution in [0, 0.1) is 0 Å². The smallest absolute Gasteiger partial charge is 0.317 e. The number of likely N-dealkylation sites (N-methyl/N-ethyl adjacent to an activating group) is 2. The molecule has 0 aromatic rings. The van der Waals surface area contributed by atoms with Crippen LogP contribution in [0.3, 0.4) is 0 Å². The van der Waals surface area contributed by atoms with E-state index in [0.29, 0.717) is 19.0 Å². The van der Waals surface area contributed by atoms with Gasteiger partial charge in [-0.2, -0.15) is 0 Å². The number of nitrogens with zero attached hydrogens (tertiary/aromatic N) is 2. The van der Waals surface area contributed by atoms with Crippen molar-refractivity contribution in [2.24, 2.45) is 0 Å². The fourth-order valence-corrected chi connectivity index (χ4v) is 2.71. The average molecular weight is 285 g/mol. The molecule has 1 aliphatic rings. The van der Waals surface area contributed by atoms with Gasteiger partial charge >= 0.3 is 12.0 Å². The number of hydrogen-bond donors (Lipinski definition) is 2. The Morgan fingerprint density at radius 1 is 1.45 bits per heavy atom. The van der Waals surface area contributed by atoms with Crippen LogP contribution in [0.1, 0.15) is 39.5 Å². The van der Waals surface area contributed by atoms with Crippen LogP contribution in [0.2, 0.25) is 0 Å². The minimum atomic E-state index is -0.882. The summed E-state index contributed by atoms with van der Waals surface area (Å²) in [6, 6.07) is -0.0512. The number of urea groups is 1. The van der Waals surface area contributed by atoms with Gasteiger partial charge in [0, 0.05) is 25.7 Å². The summed E-state index contributed by atoms with van der Waals surface area (Å²) in [6.45, 7) is 6.83. The molecule has 0 aromatic heterocycles. The van der Waals surface area contributed by atoms with E-state index >= 15 is 0 Å².